The van der Waals surface area contributed by atoms with Crippen LogP contribution in [0.25, 0.3) is 0 Å². The fourth-order valence-electron chi connectivity index (χ4n) is 3.51. The smallest absolute Gasteiger partial charge is 0.333 e. The van der Waals surface area contributed by atoms with Gasteiger partial charge in [0, 0.05) is 5.69 Å². The maximum atomic E-state index is 13.2. The highest BCUT2D eigenvalue weighted by molar-refractivity contribution is 5.98. The first-order chi connectivity index (χ1) is 15.0. The Kier molecular flexibility index (Phi) is 8.55. The number of hydrogen-bond donors (Lipinski definition) is 4. The number of carbonyl (C=O) groups excluding carboxylic acids is 2. The van der Waals surface area contributed by atoms with Gasteiger partial charge in [0.15, 0.2) is 6.10 Å². The van der Waals surface area contributed by atoms with Gasteiger partial charge in [-0.3, -0.25) is 9.59 Å². The number of carboxylic acids is 1. The summed E-state index contributed by atoms with van der Waals surface area (Å²) in [6, 6.07) is 17.3. The normalized spacial score (nSPS) is 15.2. The molecule has 2 rings (SSSR count). The number of aliphatic hydroxyl groups is 1. The van der Waals surface area contributed by atoms with Crippen LogP contribution in [0.15, 0.2) is 60.7 Å². The van der Waals surface area contributed by atoms with Crippen LogP contribution in [0.3, 0.4) is 0 Å². The average Bonchev–Trinajstić information content (AvgIpc) is 2.75. The Balaban J connectivity index is 2.23. The summed E-state index contributed by atoms with van der Waals surface area (Å²) in [5.74, 6) is -3.97. The van der Waals surface area contributed by atoms with Crippen molar-refractivity contribution in [3.05, 3.63) is 66.2 Å². The van der Waals surface area contributed by atoms with Crippen LogP contribution in [0.4, 0.5) is 5.69 Å². The molecule has 7 heteroatoms. The molecular formula is C25H32N2O5. The second kappa shape index (κ2) is 10.9. The fraction of sp³-hybridized carbons (Fsp3) is 0.400. The van der Waals surface area contributed by atoms with E-state index in [-0.39, 0.29) is 12.3 Å². The van der Waals surface area contributed by atoms with Crippen LogP contribution < -0.4 is 10.6 Å². The zero-order valence-electron chi connectivity index (χ0n) is 18.9. The highest BCUT2D eigenvalue weighted by Crippen LogP contribution is 2.27. The minimum Gasteiger partial charge on any atom is -0.479 e. The number of aliphatic carboxylic acids is 1. The maximum Gasteiger partial charge on any atom is 0.333 e. The van der Waals surface area contributed by atoms with Gasteiger partial charge >= 0.3 is 5.97 Å². The van der Waals surface area contributed by atoms with Gasteiger partial charge in [-0.2, -0.15) is 0 Å². The van der Waals surface area contributed by atoms with Crippen molar-refractivity contribution in [1.29, 1.82) is 0 Å². The largest absolute Gasteiger partial charge is 0.479 e. The molecular weight excluding hydrogens is 408 g/mol. The zero-order chi connectivity index (χ0) is 23.9. The molecule has 0 aliphatic heterocycles. The molecule has 32 heavy (non-hydrogen) atoms. The van der Waals surface area contributed by atoms with Crippen molar-refractivity contribution in [1.82, 2.24) is 5.32 Å². The van der Waals surface area contributed by atoms with Crippen LogP contribution in [0, 0.1) is 11.3 Å². The second-order valence-corrected chi connectivity index (χ2v) is 9.10. The molecule has 0 spiro atoms. The van der Waals surface area contributed by atoms with Crippen LogP contribution >= 0.6 is 0 Å². The van der Waals surface area contributed by atoms with E-state index in [1.54, 1.807) is 45.0 Å². The standard InChI is InChI=1S/C25H32N2O5/c1-16(17-11-7-5-8-12-17)15-19(20(28)24(31)32)22(29)27-21(25(2,3)4)23(30)26-18-13-9-6-10-14-18/h5-14,16,19-21,28H,15H2,1-4H3,(H,26,30)(H,27,29)(H,31,32)/t16?,19-,20+,21-/m1/s1. The molecule has 0 bridgehead atoms. The lowest BCUT2D eigenvalue weighted by Gasteiger charge is -2.32. The average molecular weight is 441 g/mol. The quantitative estimate of drug-likeness (QED) is 0.477. The Morgan fingerprint density at radius 3 is 1.94 bits per heavy atom. The van der Waals surface area contributed by atoms with Crippen molar-refractivity contribution >= 4 is 23.5 Å². The summed E-state index contributed by atoms with van der Waals surface area (Å²) >= 11 is 0. The van der Waals surface area contributed by atoms with Crippen molar-refractivity contribution in [3.63, 3.8) is 0 Å². The molecule has 0 saturated carbocycles. The Labute approximate surface area is 188 Å². The third kappa shape index (κ3) is 6.92. The third-order valence-electron chi connectivity index (χ3n) is 5.40. The fourth-order valence-corrected chi connectivity index (χ4v) is 3.51. The molecule has 4 N–H and O–H groups in total. The van der Waals surface area contributed by atoms with E-state index in [0.717, 1.165) is 5.56 Å². The molecule has 0 heterocycles. The Hall–Kier alpha value is -3.19. The molecule has 7 nitrogen and oxygen atoms in total. The highest BCUT2D eigenvalue weighted by atomic mass is 16.4. The number of carboxylic acid groups (broad SMARTS) is 1. The molecule has 2 amide bonds. The summed E-state index contributed by atoms with van der Waals surface area (Å²) in [5, 5.41) is 25.1. The lowest BCUT2D eigenvalue weighted by molar-refractivity contribution is -0.154. The number of benzene rings is 2. The molecule has 4 atom stereocenters. The van der Waals surface area contributed by atoms with Gasteiger partial charge in [0.25, 0.3) is 0 Å². The molecule has 0 radical (unpaired) electrons. The Morgan fingerprint density at radius 2 is 1.44 bits per heavy atom. The molecule has 0 aliphatic rings. The topological polar surface area (TPSA) is 116 Å². The van der Waals surface area contributed by atoms with Gasteiger partial charge in [0.1, 0.15) is 6.04 Å². The van der Waals surface area contributed by atoms with Crippen LogP contribution in [0.2, 0.25) is 0 Å². The molecule has 0 aliphatic carbocycles. The third-order valence-corrected chi connectivity index (χ3v) is 5.40. The number of hydrogen-bond acceptors (Lipinski definition) is 4. The first-order valence-electron chi connectivity index (χ1n) is 10.6. The molecule has 0 fully saturated rings. The maximum absolute atomic E-state index is 13.2. The van der Waals surface area contributed by atoms with Gasteiger partial charge in [-0.15, -0.1) is 0 Å². The van der Waals surface area contributed by atoms with Crippen LogP contribution in [-0.2, 0) is 14.4 Å². The van der Waals surface area contributed by atoms with Gasteiger partial charge < -0.3 is 20.8 Å². The molecule has 0 saturated heterocycles. The Morgan fingerprint density at radius 1 is 0.906 bits per heavy atom. The monoisotopic (exact) mass is 440 g/mol. The SMILES string of the molecule is CC(C[C@@H](C(=O)N[C@H](C(=O)Nc1ccccc1)C(C)(C)C)[C@H](O)C(=O)O)c1ccccc1. The van der Waals surface area contributed by atoms with E-state index in [1.165, 1.54) is 0 Å². The van der Waals surface area contributed by atoms with Crippen LogP contribution in [-0.4, -0.2) is 40.1 Å². The predicted octanol–water partition coefficient (Wildman–Crippen LogP) is 3.41. The van der Waals surface area contributed by atoms with Gasteiger partial charge in [0.2, 0.25) is 11.8 Å². The summed E-state index contributed by atoms with van der Waals surface area (Å²) in [5.41, 5.74) is 0.857. The number of aliphatic hydroxyl groups excluding tert-OH is 1. The first-order valence-corrected chi connectivity index (χ1v) is 10.6. The predicted molar refractivity (Wildman–Crippen MR) is 123 cm³/mol. The molecule has 1 unspecified atom stereocenters. The van der Waals surface area contributed by atoms with Crippen molar-refractivity contribution in [3.8, 4) is 0 Å². The summed E-state index contributed by atoms with van der Waals surface area (Å²) in [4.78, 5) is 37.6. The first kappa shape index (κ1) is 25.1. The van der Waals surface area contributed by atoms with E-state index in [4.69, 9.17) is 0 Å². The molecule has 172 valence electrons. The van der Waals surface area contributed by atoms with Crippen molar-refractivity contribution in [2.45, 2.75) is 52.2 Å². The van der Waals surface area contributed by atoms with E-state index in [9.17, 15) is 24.6 Å². The van der Waals surface area contributed by atoms with Crippen LogP contribution in [0.5, 0.6) is 0 Å². The lowest BCUT2D eigenvalue weighted by Crippen LogP contribution is -2.54. The Bertz CT molecular complexity index is 909. The van der Waals surface area contributed by atoms with Gasteiger partial charge in [-0.1, -0.05) is 76.2 Å². The van der Waals surface area contributed by atoms with Gasteiger partial charge in [0.05, 0.1) is 5.92 Å². The van der Waals surface area contributed by atoms with E-state index < -0.39 is 41.3 Å². The van der Waals surface area contributed by atoms with E-state index in [2.05, 4.69) is 10.6 Å². The number of anilines is 1. The summed E-state index contributed by atoms with van der Waals surface area (Å²) < 4.78 is 0. The number of rotatable bonds is 9. The van der Waals surface area contributed by atoms with E-state index >= 15 is 0 Å². The number of amides is 2. The van der Waals surface area contributed by atoms with Crippen molar-refractivity contribution in [2.24, 2.45) is 11.3 Å². The van der Waals surface area contributed by atoms with Gasteiger partial charge in [-0.05, 0) is 35.4 Å². The number of para-hydroxylation sites is 1. The minimum absolute atomic E-state index is 0.112. The second-order valence-electron chi connectivity index (χ2n) is 9.10. The minimum atomic E-state index is -1.89. The van der Waals surface area contributed by atoms with E-state index in [1.807, 2.05) is 43.3 Å². The van der Waals surface area contributed by atoms with E-state index in [0.29, 0.717) is 5.69 Å². The molecule has 0 aromatic heterocycles. The number of nitrogens with one attached hydrogen (secondary N) is 2. The summed E-state index contributed by atoms with van der Waals surface area (Å²) in [6.07, 6.45) is -1.78. The summed E-state index contributed by atoms with van der Waals surface area (Å²) in [6.45, 7) is 7.28. The molecule has 2 aromatic carbocycles. The number of carbonyl (C=O) groups is 3. The summed E-state index contributed by atoms with van der Waals surface area (Å²) in [7, 11) is 0. The van der Waals surface area contributed by atoms with Crippen molar-refractivity contribution in [2.75, 3.05) is 5.32 Å². The zero-order valence-corrected chi connectivity index (χ0v) is 18.9. The highest BCUT2D eigenvalue weighted by Gasteiger charge is 2.38. The lowest BCUT2D eigenvalue weighted by atomic mass is 9.83. The molecule has 2 aromatic rings. The van der Waals surface area contributed by atoms with Crippen molar-refractivity contribution < 1.29 is 24.6 Å². The van der Waals surface area contributed by atoms with Crippen LogP contribution in [0.1, 0.15) is 45.6 Å². The van der Waals surface area contributed by atoms with Gasteiger partial charge in [-0.25, -0.2) is 4.79 Å².